The van der Waals surface area contributed by atoms with E-state index in [9.17, 15) is 9.59 Å². The zero-order chi connectivity index (χ0) is 35.5. The molecule has 4 aromatic rings. The van der Waals surface area contributed by atoms with Crippen molar-refractivity contribution < 1.29 is 19.1 Å². The van der Waals surface area contributed by atoms with Crippen molar-refractivity contribution in [2.75, 3.05) is 17.2 Å². The van der Waals surface area contributed by atoms with Gasteiger partial charge in [-0.05, 0) is 95.4 Å². The molecular weight excluding hydrogens is 635 g/mol. The van der Waals surface area contributed by atoms with Gasteiger partial charge in [-0.1, -0.05) is 91.0 Å². The fourth-order valence-electron chi connectivity index (χ4n) is 5.32. The van der Waals surface area contributed by atoms with Crippen molar-refractivity contribution in [3.8, 4) is 0 Å². The number of hydrogen-bond acceptors (Lipinski definition) is 7. The molecule has 10 heteroatoms. The summed E-state index contributed by atoms with van der Waals surface area (Å²) >= 11 is 5.68. The van der Waals surface area contributed by atoms with Gasteiger partial charge in [0.25, 0.3) is 0 Å². The average molecular weight is 682 g/mol. The zero-order valence-corrected chi connectivity index (χ0v) is 29.9. The first-order chi connectivity index (χ1) is 23.3. The van der Waals surface area contributed by atoms with E-state index in [0.717, 1.165) is 22.4 Å². The number of amides is 1. The Hall–Kier alpha value is -4.96. The Morgan fingerprint density at radius 2 is 1.24 bits per heavy atom. The van der Waals surface area contributed by atoms with Crippen LogP contribution in [0.2, 0.25) is 0 Å². The molecule has 0 fully saturated rings. The van der Waals surface area contributed by atoms with Gasteiger partial charge in [0, 0.05) is 12.7 Å². The van der Waals surface area contributed by atoms with Crippen LogP contribution in [0.1, 0.15) is 71.1 Å². The van der Waals surface area contributed by atoms with Gasteiger partial charge < -0.3 is 30.7 Å². The summed E-state index contributed by atoms with van der Waals surface area (Å²) in [5.41, 5.74) is 1.75. The maximum Gasteiger partial charge on any atom is 0.408 e. The molecule has 9 nitrogen and oxygen atoms in total. The predicted molar refractivity (Wildman–Crippen MR) is 200 cm³/mol. The van der Waals surface area contributed by atoms with E-state index in [2.05, 4.69) is 62.6 Å². The Labute approximate surface area is 295 Å². The van der Waals surface area contributed by atoms with Gasteiger partial charge in [0.1, 0.15) is 22.8 Å². The summed E-state index contributed by atoms with van der Waals surface area (Å²) in [4.78, 5) is 30.0. The zero-order valence-electron chi connectivity index (χ0n) is 29.1. The highest BCUT2D eigenvalue weighted by atomic mass is 32.1. The third-order valence-corrected chi connectivity index (χ3v) is 7.57. The van der Waals surface area contributed by atoms with E-state index in [1.54, 1.807) is 47.7 Å². The number of nitrogens with one attached hydrogen (secondary N) is 4. The molecule has 258 valence electrons. The van der Waals surface area contributed by atoms with E-state index in [-0.39, 0.29) is 0 Å². The van der Waals surface area contributed by atoms with E-state index in [0.29, 0.717) is 30.3 Å². The maximum atomic E-state index is 12.9. The molecule has 0 radical (unpaired) electrons. The van der Waals surface area contributed by atoms with E-state index >= 15 is 0 Å². The number of ether oxygens (including phenoxy) is 2. The number of thiocarbonyl (C=S) groups is 1. The first-order valence-electron chi connectivity index (χ1n) is 16.4. The van der Waals surface area contributed by atoms with Crippen LogP contribution in [0.5, 0.6) is 0 Å². The number of rotatable bonds is 12. The van der Waals surface area contributed by atoms with Crippen LogP contribution in [-0.2, 0) is 19.8 Å². The number of pyridine rings is 1. The fourth-order valence-corrected chi connectivity index (χ4v) is 5.52. The van der Waals surface area contributed by atoms with Gasteiger partial charge in [0.15, 0.2) is 10.9 Å². The summed E-state index contributed by atoms with van der Waals surface area (Å²) in [5, 5.41) is 13.3. The van der Waals surface area contributed by atoms with E-state index in [1.807, 2.05) is 66.7 Å². The number of hydrogen-bond donors (Lipinski definition) is 4. The Morgan fingerprint density at radius 1 is 0.735 bits per heavy atom. The molecule has 49 heavy (non-hydrogen) atoms. The van der Waals surface area contributed by atoms with Crippen LogP contribution in [0.25, 0.3) is 0 Å². The Balaban J connectivity index is 1.50. The molecule has 0 unspecified atom stereocenters. The second kappa shape index (κ2) is 16.4. The minimum atomic E-state index is -0.883. The van der Waals surface area contributed by atoms with Gasteiger partial charge in [-0.2, -0.15) is 0 Å². The normalized spacial score (nSPS) is 12.3. The quantitative estimate of drug-likeness (QED) is 0.0515. The third kappa shape index (κ3) is 10.8. The van der Waals surface area contributed by atoms with Gasteiger partial charge >= 0.3 is 12.1 Å². The summed E-state index contributed by atoms with van der Waals surface area (Å²) in [5.74, 6) is 0.0207. The lowest BCUT2D eigenvalue weighted by Crippen LogP contribution is -2.46. The van der Waals surface area contributed by atoms with E-state index in [1.165, 1.54) is 0 Å². The molecule has 0 bridgehead atoms. The highest BCUT2D eigenvalue weighted by Gasteiger charge is 2.37. The van der Waals surface area contributed by atoms with E-state index < -0.39 is 34.8 Å². The monoisotopic (exact) mass is 681 g/mol. The lowest BCUT2D eigenvalue weighted by atomic mass is 9.77. The van der Waals surface area contributed by atoms with Gasteiger partial charge in [-0.3, -0.25) is 0 Å². The molecule has 0 aliphatic carbocycles. The molecule has 0 aliphatic rings. The van der Waals surface area contributed by atoms with Gasteiger partial charge in [0.05, 0.1) is 5.69 Å². The topological polar surface area (TPSA) is 114 Å². The standard InChI is InChI=1S/C39H47N5O4S/c1-37(2,3)47-34(45)32(42-36(46)48-38(4,5)6)25-17-27-41-35(49)43-33-31(24-16-26-40-33)44-39(28-18-10-7-11-19-28,29-20-12-8-13-21-29)30-22-14-9-15-23-30/h7-16,18-24,26,32,44H,17,25,27H2,1-6H3,(H,42,46)(H2,40,41,43,49)/t32-/m0/s1. The highest BCUT2D eigenvalue weighted by Crippen LogP contribution is 2.41. The molecule has 0 saturated carbocycles. The minimum absolute atomic E-state index is 0.313. The molecule has 4 N–H and O–H groups in total. The first-order valence-corrected chi connectivity index (χ1v) is 16.8. The SMILES string of the molecule is CC(C)(C)OC(=O)N[C@@H](CCCNC(=S)Nc1ncccc1NC(c1ccccc1)(c1ccccc1)c1ccccc1)C(=O)OC(C)(C)C. The van der Waals surface area contributed by atoms with Gasteiger partial charge in [-0.25, -0.2) is 14.6 Å². The predicted octanol–water partition coefficient (Wildman–Crippen LogP) is 7.79. The fraction of sp³-hybridized carbons (Fsp3) is 0.333. The van der Waals surface area contributed by atoms with Crippen LogP contribution < -0.4 is 21.3 Å². The number of carbonyl (C=O) groups is 2. The minimum Gasteiger partial charge on any atom is -0.458 e. The third-order valence-electron chi connectivity index (χ3n) is 7.32. The second-order valence-electron chi connectivity index (χ2n) is 13.6. The number of benzene rings is 3. The van der Waals surface area contributed by atoms with Crippen LogP contribution in [0.3, 0.4) is 0 Å². The van der Waals surface area contributed by atoms with Crippen molar-refractivity contribution in [1.82, 2.24) is 15.6 Å². The summed E-state index contributed by atoms with van der Waals surface area (Å²) in [6.45, 7) is 11.1. The number of alkyl carbamates (subject to hydrolysis) is 1. The van der Waals surface area contributed by atoms with E-state index in [4.69, 9.17) is 21.7 Å². The van der Waals surface area contributed by atoms with Crippen molar-refractivity contribution in [3.05, 3.63) is 126 Å². The molecular formula is C39H47N5O4S. The average Bonchev–Trinajstić information content (AvgIpc) is 3.05. The molecule has 0 saturated heterocycles. The van der Waals surface area contributed by atoms with Crippen LogP contribution in [0, 0.1) is 0 Å². The summed E-state index contributed by atoms with van der Waals surface area (Å²) in [6, 6.07) is 33.9. The number of carbonyl (C=O) groups excluding carboxylic acids is 2. The molecule has 1 heterocycles. The Kier molecular flexibility index (Phi) is 12.4. The summed E-state index contributed by atoms with van der Waals surface area (Å²) in [6.07, 6.45) is 1.85. The summed E-state index contributed by atoms with van der Waals surface area (Å²) in [7, 11) is 0. The molecule has 0 spiro atoms. The molecule has 0 aliphatic heterocycles. The first kappa shape index (κ1) is 36.9. The van der Waals surface area contributed by atoms with Crippen molar-refractivity contribution >= 4 is 40.9 Å². The maximum absolute atomic E-state index is 12.9. The molecule has 1 atom stereocenters. The van der Waals surface area contributed by atoms with Crippen LogP contribution in [0.15, 0.2) is 109 Å². The Morgan fingerprint density at radius 3 is 1.73 bits per heavy atom. The van der Waals surface area contributed by atoms with Crippen molar-refractivity contribution in [1.29, 1.82) is 0 Å². The van der Waals surface area contributed by atoms with Gasteiger partial charge in [-0.15, -0.1) is 0 Å². The van der Waals surface area contributed by atoms with Crippen molar-refractivity contribution in [3.63, 3.8) is 0 Å². The molecule has 3 aromatic carbocycles. The lowest BCUT2D eigenvalue weighted by Gasteiger charge is -2.38. The largest absolute Gasteiger partial charge is 0.458 e. The van der Waals surface area contributed by atoms with Crippen LogP contribution in [0.4, 0.5) is 16.3 Å². The van der Waals surface area contributed by atoms with Gasteiger partial charge in [0.2, 0.25) is 0 Å². The molecule has 4 rings (SSSR count). The van der Waals surface area contributed by atoms with Crippen LogP contribution >= 0.6 is 12.2 Å². The molecule has 1 aromatic heterocycles. The Bertz CT molecular complexity index is 1580. The number of anilines is 2. The smallest absolute Gasteiger partial charge is 0.408 e. The van der Waals surface area contributed by atoms with Crippen LogP contribution in [-0.4, -0.2) is 45.9 Å². The number of aromatic nitrogens is 1. The van der Waals surface area contributed by atoms with Crippen molar-refractivity contribution in [2.24, 2.45) is 0 Å². The molecule has 1 amide bonds. The lowest BCUT2D eigenvalue weighted by molar-refractivity contribution is -0.157. The highest BCUT2D eigenvalue weighted by molar-refractivity contribution is 7.80. The second-order valence-corrected chi connectivity index (χ2v) is 14.0. The number of esters is 1. The van der Waals surface area contributed by atoms with Crippen molar-refractivity contribution in [2.45, 2.75) is 77.2 Å². The summed E-state index contributed by atoms with van der Waals surface area (Å²) < 4.78 is 10.9. The number of nitrogens with zero attached hydrogens (tertiary/aromatic N) is 1.